The molecule has 7 aromatic carbocycles. The van der Waals surface area contributed by atoms with Gasteiger partial charge in [0.25, 0.3) is 6.71 Å². The molecule has 0 amide bonds. The van der Waals surface area contributed by atoms with Gasteiger partial charge in [-0.25, -0.2) is 0 Å². The van der Waals surface area contributed by atoms with Crippen molar-refractivity contribution in [2.24, 2.45) is 0 Å². The molecule has 0 N–H and O–H groups in total. The quantitative estimate of drug-likeness (QED) is 0.161. The largest absolute Gasteiger partial charge is 0.468 e. The third-order valence-electron chi connectivity index (χ3n) is 14.8. The minimum absolute atomic E-state index is 0.00230. The van der Waals surface area contributed by atoms with Crippen LogP contribution in [0.4, 0.5) is 34.1 Å². The number of rotatable bonds is 5. The second-order valence-corrected chi connectivity index (χ2v) is 23.0. The predicted molar refractivity (Wildman–Crippen MR) is 291 cm³/mol. The van der Waals surface area contributed by atoms with Gasteiger partial charge in [0, 0.05) is 39.0 Å². The van der Waals surface area contributed by atoms with Crippen molar-refractivity contribution in [1.82, 2.24) is 0 Å². The molecule has 340 valence electrons. The third kappa shape index (κ3) is 6.95. The van der Waals surface area contributed by atoms with Crippen LogP contribution in [0.25, 0.3) is 44.2 Å². The van der Waals surface area contributed by atoms with Crippen LogP contribution in [0.1, 0.15) is 115 Å². The van der Waals surface area contributed by atoms with E-state index in [1.54, 1.807) is 0 Å². The number of fused-ring (bicyclic) bond motifs is 7. The fraction of sp³-hybridized carbons (Fsp3) is 0.270. The Labute approximate surface area is 403 Å². The van der Waals surface area contributed by atoms with E-state index < -0.39 is 0 Å². The fourth-order valence-corrected chi connectivity index (χ4v) is 10.9. The highest BCUT2D eigenvalue weighted by Gasteiger charge is 2.48. The highest BCUT2D eigenvalue weighted by Crippen LogP contribution is 2.52. The summed E-state index contributed by atoms with van der Waals surface area (Å²) in [6.07, 6.45) is 1.92. The number of benzene rings is 7. The van der Waals surface area contributed by atoms with Crippen LogP contribution < -0.4 is 26.4 Å². The topological polar surface area (TPSA) is 32.8 Å². The van der Waals surface area contributed by atoms with Gasteiger partial charge in [-0.15, -0.1) is 0 Å². The Balaban J connectivity index is 1.29. The maximum atomic E-state index is 7.42. The Bertz CT molecular complexity index is 3450. The van der Waals surface area contributed by atoms with E-state index in [9.17, 15) is 0 Å². The number of hydrogen-bond acceptors (Lipinski definition) is 4. The first-order chi connectivity index (χ1) is 32.3. The van der Waals surface area contributed by atoms with E-state index in [1.807, 2.05) is 12.3 Å². The monoisotopic (exact) mass is 890 g/mol. The molecule has 0 bridgehead atoms. The van der Waals surface area contributed by atoms with Crippen LogP contribution in [0.2, 0.25) is 0 Å². The summed E-state index contributed by atoms with van der Waals surface area (Å²) in [5, 5.41) is 2.24. The van der Waals surface area contributed by atoms with Crippen LogP contribution >= 0.6 is 0 Å². The molecule has 2 aliphatic heterocycles. The van der Waals surface area contributed by atoms with Crippen molar-refractivity contribution >= 4 is 79.4 Å². The Kier molecular flexibility index (Phi) is 9.93. The van der Waals surface area contributed by atoms with Crippen molar-refractivity contribution in [3.63, 3.8) is 0 Å². The smallest absolute Gasteiger partial charge is 0.297 e. The van der Waals surface area contributed by atoms with Gasteiger partial charge in [0.1, 0.15) is 11.2 Å². The fourth-order valence-electron chi connectivity index (χ4n) is 10.9. The van der Waals surface area contributed by atoms with Crippen LogP contribution in [0.5, 0.6) is 0 Å². The van der Waals surface area contributed by atoms with E-state index in [2.05, 4.69) is 227 Å². The van der Waals surface area contributed by atoms with Gasteiger partial charge in [-0.2, -0.15) is 0 Å². The molecule has 2 aliphatic rings. The van der Waals surface area contributed by atoms with E-state index in [-0.39, 0.29) is 28.9 Å². The maximum Gasteiger partial charge on any atom is 0.297 e. The van der Waals surface area contributed by atoms with Crippen molar-refractivity contribution in [3.05, 3.63) is 173 Å². The van der Waals surface area contributed by atoms with Crippen molar-refractivity contribution in [2.75, 3.05) is 9.80 Å². The molecule has 0 saturated heterocycles. The van der Waals surface area contributed by atoms with Gasteiger partial charge in [0.15, 0.2) is 0 Å². The zero-order chi connectivity index (χ0) is 47.8. The maximum absolute atomic E-state index is 7.42. The van der Waals surface area contributed by atoms with Crippen LogP contribution in [0, 0.1) is 13.8 Å². The molecule has 4 nitrogen and oxygen atoms in total. The van der Waals surface area contributed by atoms with Gasteiger partial charge in [0.05, 0.1) is 29.0 Å². The van der Waals surface area contributed by atoms with Gasteiger partial charge in [0.2, 0.25) is 0 Å². The zero-order valence-electron chi connectivity index (χ0n) is 42.1. The molecule has 9 aromatic rings. The normalized spacial score (nSPS) is 13.7. The molecule has 11 rings (SSSR count). The summed E-state index contributed by atoms with van der Waals surface area (Å²) in [5.41, 5.74) is 24.4. The van der Waals surface area contributed by atoms with Crippen molar-refractivity contribution < 1.29 is 8.83 Å². The second kappa shape index (κ2) is 15.4. The first-order valence-electron chi connectivity index (χ1n) is 24.5. The summed E-state index contributed by atoms with van der Waals surface area (Å²) in [6, 6.07) is 50.3. The summed E-state index contributed by atoms with van der Waals surface area (Å²) in [5.74, 6) is 0.251. The molecule has 0 spiro atoms. The van der Waals surface area contributed by atoms with Crippen LogP contribution in [0.15, 0.2) is 149 Å². The lowest BCUT2D eigenvalue weighted by molar-refractivity contribution is 0.589. The average molecular weight is 891 g/mol. The van der Waals surface area contributed by atoms with Crippen molar-refractivity contribution in [2.45, 2.75) is 112 Å². The summed E-state index contributed by atoms with van der Waals surface area (Å²) in [4.78, 5) is 5.19. The molecule has 0 fully saturated rings. The van der Waals surface area contributed by atoms with Gasteiger partial charge < -0.3 is 18.6 Å². The molecule has 4 heterocycles. The zero-order valence-corrected chi connectivity index (χ0v) is 42.1. The minimum Gasteiger partial charge on any atom is -0.468 e. The van der Waals surface area contributed by atoms with E-state index in [0.29, 0.717) is 0 Å². The van der Waals surface area contributed by atoms with Gasteiger partial charge in [-0.1, -0.05) is 161 Å². The first kappa shape index (κ1) is 43.8. The van der Waals surface area contributed by atoms with E-state index in [0.717, 1.165) is 55.8 Å². The molecular formula is C63H63BN2O2. The van der Waals surface area contributed by atoms with Crippen molar-refractivity contribution in [3.8, 4) is 22.3 Å². The molecule has 0 unspecified atom stereocenters. The van der Waals surface area contributed by atoms with Gasteiger partial charge in [-0.05, 0) is 140 Å². The lowest BCUT2D eigenvalue weighted by Crippen LogP contribution is -2.61. The lowest BCUT2D eigenvalue weighted by Gasteiger charge is -2.44. The van der Waals surface area contributed by atoms with Gasteiger partial charge >= 0.3 is 0 Å². The Morgan fingerprint density at radius 1 is 0.485 bits per heavy atom. The van der Waals surface area contributed by atoms with E-state index in [1.165, 1.54) is 72.5 Å². The molecule has 2 aromatic heterocycles. The van der Waals surface area contributed by atoms with Crippen LogP contribution in [0.3, 0.4) is 0 Å². The average Bonchev–Trinajstić information content (AvgIpc) is 3.90. The second-order valence-electron chi connectivity index (χ2n) is 23.0. The van der Waals surface area contributed by atoms with E-state index >= 15 is 0 Å². The molecular weight excluding hydrogens is 828 g/mol. The Morgan fingerprint density at radius 2 is 1.12 bits per heavy atom. The summed E-state index contributed by atoms with van der Waals surface area (Å²) < 4.78 is 13.6. The standard InChI is InChI=1S/C63H63BN2O2/c1-37(2)42-32-53-57-54(33-42)66(58-38(3)29-45(30-39(58)4)63(11,12)13)59-48-35-44(62(8,9)10)25-28-56(48)68-60(59)64(57)50-26-23-41(49-36-67-55-22-18-17-21-46(49)55)31-52(50)65(53)51-27-24-43(61(5,6)7)34-47(51)40-19-15-14-16-20-40/h14-37H,1-13H3. The molecule has 5 heteroatoms. The highest BCUT2D eigenvalue weighted by molar-refractivity contribution is 7.00. The number of anilines is 6. The number of para-hydroxylation sites is 1. The van der Waals surface area contributed by atoms with E-state index in [4.69, 9.17) is 8.83 Å². The number of hydrogen-bond donors (Lipinski definition) is 0. The first-order valence-corrected chi connectivity index (χ1v) is 24.5. The summed E-state index contributed by atoms with van der Waals surface area (Å²) in [6.45, 7) is 29.9. The molecule has 0 radical (unpaired) electrons. The SMILES string of the molecule is Cc1cc(C(C)(C)C)cc(C)c1N1c2cc(C(C)C)cc3c2B(c2ccc(-c4coc5ccccc45)cc2N3c2ccc(C(C)(C)C)cc2-c2ccccc2)c2oc3ccc(C(C)(C)C)cc3c21. The highest BCUT2D eigenvalue weighted by atomic mass is 16.3. The van der Waals surface area contributed by atoms with Crippen molar-refractivity contribution in [1.29, 1.82) is 0 Å². The summed E-state index contributed by atoms with van der Waals surface area (Å²) in [7, 11) is 0. The number of nitrogens with zero attached hydrogens (tertiary/aromatic N) is 2. The van der Waals surface area contributed by atoms with Gasteiger partial charge in [-0.3, -0.25) is 0 Å². The number of aryl methyl sites for hydroxylation is 2. The predicted octanol–water partition coefficient (Wildman–Crippen LogP) is 16.2. The van der Waals surface area contributed by atoms with Crippen LogP contribution in [-0.2, 0) is 16.2 Å². The Hall–Kier alpha value is -6.72. The third-order valence-corrected chi connectivity index (χ3v) is 14.8. The Morgan fingerprint density at radius 3 is 1.79 bits per heavy atom. The summed E-state index contributed by atoms with van der Waals surface area (Å²) >= 11 is 0. The number of furan rings is 2. The molecule has 0 atom stereocenters. The minimum atomic E-state index is -0.192. The molecule has 68 heavy (non-hydrogen) atoms. The lowest BCUT2D eigenvalue weighted by atomic mass is 9.35. The molecule has 0 saturated carbocycles. The molecule has 0 aliphatic carbocycles. The van der Waals surface area contributed by atoms with Crippen LogP contribution in [-0.4, -0.2) is 6.71 Å².